The molecule has 1 aliphatic rings. The van der Waals surface area contributed by atoms with Gasteiger partial charge in [-0.25, -0.2) is 4.79 Å². The third kappa shape index (κ3) is 1.95. The zero-order chi connectivity index (χ0) is 12.4. The first-order valence-corrected chi connectivity index (χ1v) is 5.54. The summed E-state index contributed by atoms with van der Waals surface area (Å²) < 4.78 is 0.819. The predicted molar refractivity (Wildman–Crippen MR) is 66.7 cm³/mol. The average molecular weight is 291 g/mol. The fourth-order valence-electron chi connectivity index (χ4n) is 1.62. The molecule has 4 nitrogen and oxygen atoms in total. The molecule has 0 fully saturated rings. The van der Waals surface area contributed by atoms with Crippen LogP contribution in [0.25, 0.3) is 10.2 Å². The smallest absolute Gasteiger partial charge is 0.348 e. The fourth-order valence-corrected chi connectivity index (χ4v) is 2.08. The van der Waals surface area contributed by atoms with Crippen LogP contribution >= 0.6 is 15.9 Å². The van der Waals surface area contributed by atoms with Crippen LogP contribution in [0.4, 0.5) is 0 Å². The van der Waals surface area contributed by atoms with Gasteiger partial charge in [0.2, 0.25) is 0 Å². The lowest BCUT2D eigenvalue weighted by Crippen LogP contribution is -2.16. The second-order valence-electron chi connectivity index (χ2n) is 3.35. The van der Waals surface area contributed by atoms with Gasteiger partial charge in [-0.15, -0.1) is 0 Å². The minimum absolute atomic E-state index is 0.297. The van der Waals surface area contributed by atoms with E-state index in [9.17, 15) is 4.79 Å². The Morgan fingerprint density at radius 2 is 2.00 bits per heavy atom. The van der Waals surface area contributed by atoms with Gasteiger partial charge in [0, 0.05) is 16.2 Å². The van der Waals surface area contributed by atoms with Gasteiger partial charge in [0.25, 0.3) is 0 Å². The van der Waals surface area contributed by atoms with Gasteiger partial charge in [-0.2, -0.15) is 5.26 Å². The molecule has 0 unspecified atom stereocenters. The quantitative estimate of drug-likeness (QED) is 0.615. The highest BCUT2D eigenvalue weighted by Crippen LogP contribution is 2.32. The summed E-state index contributed by atoms with van der Waals surface area (Å²) in [5.41, 5.74) is 1.57. The van der Waals surface area contributed by atoms with E-state index >= 15 is 0 Å². The maximum absolute atomic E-state index is 11.0. The van der Waals surface area contributed by atoms with Crippen LogP contribution in [0.3, 0.4) is 0 Å². The van der Waals surface area contributed by atoms with Gasteiger partial charge in [-0.05, 0) is 21.5 Å². The monoisotopic (exact) mass is 290 g/mol. The predicted octanol–water partition coefficient (Wildman–Crippen LogP) is 2.30. The molecule has 1 aromatic rings. The lowest BCUT2D eigenvalue weighted by molar-refractivity contribution is -0.132. The average Bonchev–Trinajstić information content (AvgIpc) is 2.33. The maximum Gasteiger partial charge on any atom is 0.348 e. The zero-order valence-electron chi connectivity index (χ0n) is 8.57. The van der Waals surface area contributed by atoms with Crippen molar-refractivity contribution < 1.29 is 9.90 Å². The molecule has 0 saturated carbocycles. The van der Waals surface area contributed by atoms with Crippen molar-refractivity contribution in [3.05, 3.63) is 47.2 Å². The summed E-state index contributed by atoms with van der Waals surface area (Å²) in [5, 5.41) is 20.7. The highest BCUT2D eigenvalue weighted by molar-refractivity contribution is 9.15. The highest BCUT2D eigenvalue weighted by Gasteiger charge is 2.21. The number of benzene rings is 1. The lowest BCUT2D eigenvalue weighted by Gasteiger charge is -2.18. The number of carbonyl (C=O) groups is 1. The largest absolute Gasteiger partial charge is 0.477 e. The van der Waals surface area contributed by atoms with Crippen molar-refractivity contribution in [2.75, 3.05) is 0 Å². The van der Waals surface area contributed by atoms with Gasteiger partial charge in [0.05, 0.1) is 5.70 Å². The fraction of sp³-hybridized carbons (Fsp3) is 0. The van der Waals surface area contributed by atoms with E-state index in [2.05, 4.69) is 21.2 Å². The standard InChI is InChI=1S/C12H7BrN2O2/c13-10-6-15-11(9(5-14)12(16)17)8-4-2-1-3-7(8)10/h1-4,6,15H,(H,16,17)/b11-9-. The Morgan fingerprint density at radius 1 is 1.35 bits per heavy atom. The van der Waals surface area contributed by atoms with Crippen LogP contribution in [0.2, 0.25) is 0 Å². The molecule has 2 N–H and O–H groups in total. The highest BCUT2D eigenvalue weighted by atomic mass is 79.9. The number of fused-ring (bicyclic) bond motifs is 1. The first kappa shape index (κ1) is 11.4. The number of rotatable bonds is 1. The number of hydrogen-bond donors (Lipinski definition) is 2. The number of nitrogens with one attached hydrogen (secondary N) is 1. The van der Waals surface area contributed by atoms with Crippen molar-refractivity contribution in [3.63, 3.8) is 0 Å². The van der Waals surface area contributed by atoms with Crippen LogP contribution in [-0.4, -0.2) is 11.1 Å². The molecule has 0 spiro atoms. The van der Waals surface area contributed by atoms with Crippen molar-refractivity contribution in [2.24, 2.45) is 0 Å². The van der Waals surface area contributed by atoms with Crippen molar-refractivity contribution in [3.8, 4) is 6.07 Å². The molecule has 5 heteroatoms. The van der Waals surface area contributed by atoms with Crippen LogP contribution in [0, 0.1) is 11.3 Å². The van der Waals surface area contributed by atoms with E-state index in [1.165, 1.54) is 0 Å². The molecule has 0 amide bonds. The Hall–Kier alpha value is -2.06. The minimum atomic E-state index is -1.24. The van der Waals surface area contributed by atoms with Gasteiger partial charge < -0.3 is 10.4 Å². The van der Waals surface area contributed by atoms with Crippen LogP contribution in [0.15, 0.2) is 36.0 Å². The Morgan fingerprint density at radius 3 is 2.59 bits per heavy atom. The molecule has 1 heterocycles. The third-order valence-electron chi connectivity index (χ3n) is 2.37. The number of hydrogen-bond acceptors (Lipinski definition) is 3. The Kier molecular flexibility index (Phi) is 2.98. The van der Waals surface area contributed by atoms with Crippen molar-refractivity contribution in [1.82, 2.24) is 5.32 Å². The molecule has 1 aliphatic heterocycles. The van der Waals surface area contributed by atoms with E-state index in [0.29, 0.717) is 11.3 Å². The molecule has 0 radical (unpaired) electrons. The summed E-state index contributed by atoms with van der Waals surface area (Å²) in [6.45, 7) is 0. The van der Waals surface area contributed by atoms with E-state index in [4.69, 9.17) is 10.4 Å². The summed E-state index contributed by atoms with van der Waals surface area (Å²) in [6.07, 6.45) is 1.62. The van der Waals surface area contributed by atoms with E-state index in [1.807, 2.05) is 12.1 Å². The molecule has 2 rings (SSSR count). The Labute approximate surface area is 106 Å². The number of carboxylic acids is 1. The first-order valence-electron chi connectivity index (χ1n) is 4.75. The molecule has 1 aromatic carbocycles. The topological polar surface area (TPSA) is 73.1 Å². The summed E-state index contributed by atoms with van der Waals surface area (Å²) in [4.78, 5) is 11.0. The molecule has 17 heavy (non-hydrogen) atoms. The zero-order valence-corrected chi connectivity index (χ0v) is 10.2. The second kappa shape index (κ2) is 4.44. The maximum atomic E-state index is 11.0. The van der Waals surface area contributed by atoms with Gasteiger partial charge in [0.15, 0.2) is 5.57 Å². The summed E-state index contributed by atoms with van der Waals surface area (Å²) >= 11 is 3.37. The van der Waals surface area contributed by atoms with E-state index in [1.54, 1.807) is 24.4 Å². The Bertz CT molecular complexity index is 597. The third-order valence-corrected chi connectivity index (χ3v) is 3.03. The molecule has 0 bridgehead atoms. The molecule has 0 aliphatic carbocycles. The molecule has 0 saturated heterocycles. The molecular formula is C12H7BrN2O2. The molecular weight excluding hydrogens is 284 g/mol. The Balaban J connectivity index is 2.71. The SMILES string of the molecule is N#C/C(C(=O)O)=C1/NC=C(Br)c2ccccc21. The minimum Gasteiger partial charge on any atom is -0.477 e. The second-order valence-corrected chi connectivity index (χ2v) is 4.20. The van der Waals surface area contributed by atoms with Gasteiger partial charge in [0.1, 0.15) is 6.07 Å². The number of nitrogens with zero attached hydrogens (tertiary/aromatic N) is 1. The van der Waals surface area contributed by atoms with Crippen molar-refractivity contribution >= 4 is 32.1 Å². The van der Waals surface area contributed by atoms with Gasteiger partial charge in [-0.1, -0.05) is 24.3 Å². The first-order chi connectivity index (χ1) is 8.15. The molecule has 0 aromatic heterocycles. The van der Waals surface area contributed by atoms with Crippen LogP contribution in [0.5, 0.6) is 0 Å². The number of halogens is 1. The van der Waals surface area contributed by atoms with Crippen molar-refractivity contribution in [2.45, 2.75) is 0 Å². The lowest BCUT2D eigenvalue weighted by atomic mass is 9.99. The van der Waals surface area contributed by atoms with Crippen LogP contribution in [-0.2, 0) is 4.79 Å². The summed E-state index contributed by atoms with van der Waals surface area (Å²) in [6, 6.07) is 8.97. The molecule has 84 valence electrons. The number of aliphatic carboxylic acids is 1. The van der Waals surface area contributed by atoms with E-state index in [0.717, 1.165) is 10.0 Å². The van der Waals surface area contributed by atoms with Crippen molar-refractivity contribution in [1.29, 1.82) is 5.26 Å². The number of nitriles is 1. The van der Waals surface area contributed by atoms with E-state index < -0.39 is 5.97 Å². The van der Waals surface area contributed by atoms with Gasteiger partial charge in [-0.3, -0.25) is 0 Å². The van der Waals surface area contributed by atoms with Gasteiger partial charge >= 0.3 is 5.97 Å². The summed E-state index contributed by atoms with van der Waals surface area (Å²) in [5.74, 6) is -1.24. The van der Waals surface area contributed by atoms with Crippen LogP contribution in [0.1, 0.15) is 11.1 Å². The summed E-state index contributed by atoms with van der Waals surface area (Å²) in [7, 11) is 0. The van der Waals surface area contributed by atoms with E-state index in [-0.39, 0.29) is 5.57 Å². The number of carboxylic acid groups (broad SMARTS) is 1. The molecule has 0 atom stereocenters. The van der Waals surface area contributed by atoms with Crippen LogP contribution < -0.4 is 5.32 Å². The normalized spacial score (nSPS) is 16.1.